The monoisotopic (exact) mass is 417 g/mol. The van der Waals surface area contributed by atoms with Crippen LogP contribution in [0.1, 0.15) is 45.7 Å². The van der Waals surface area contributed by atoms with Gasteiger partial charge < -0.3 is 19.1 Å². The van der Waals surface area contributed by atoms with Crippen LogP contribution in [0.25, 0.3) is 5.69 Å². The molecule has 1 fully saturated rings. The van der Waals surface area contributed by atoms with E-state index >= 15 is 0 Å². The molecule has 9 heteroatoms. The molecule has 1 aliphatic heterocycles. The molecule has 164 valence electrons. The number of amides is 1. The number of hydrogen-bond acceptors (Lipinski definition) is 7. The quantitative estimate of drug-likeness (QED) is 0.579. The molecule has 0 N–H and O–H groups in total. The van der Waals surface area contributed by atoms with Crippen LogP contribution in [-0.4, -0.2) is 69.5 Å². The highest BCUT2D eigenvalue weighted by Gasteiger charge is 2.35. The number of unbranched alkanes of at least 4 members (excludes halogenated alkanes) is 1. The number of carbonyl (C=O) groups is 1. The predicted molar refractivity (Wildman–Crippen MR) is 111 cm³/mol. The van der Waals surface area contributed by atoms with E-state index in [1.807, 2.05) is 33.0 Å². The van der Waals surface area contributed by atoms with E-state index in [1.54, 1.807) is 29.1 Å². The van der Waals surface area contributed by atoms with E-state index in [1.165, 1.54) is 0 Å². The molecule has 0 aliphatic carbocycles. The van der Waals surface area contributed by atoms with Crippen LogP contribution in [0.5, 0.6) is 5.75 Å². The van der Waals surface area contributed by atoms with Crippen LogP contribution in [0.4, 0.5) is 4.79 Å². The molecule has 3 heterocycles. The molecule has 0 radical (unpaired) electrons. The Hall–Kier alpha value is -2.68. The first-order valence-electron chi connectivity index (χ1n) is 10.3. The van der Waals surface area contributed by atoms with Crippen molar-refractivity contribution >= 4 is 6.09 Å². The van der Waals surface area contributed by atoms with Gasteiger partial charge >= 0.3 is 6.09 Å². The van der Waals surface area contributed by atoms with Gasteiger partial charge in [-0.15, -0.1) is 5.10 Å². The van der Waals surface area contributed by atoms with Crippen molar-refractivity contribution in [3.8, 4) is 11.4 Å². The van der Waals surface area contributed by atoms with Crippen LogP contribution in [0, 0.1) is 0 Å². The van der Waals surface area contributed by atoms with Gasteiger partial charge in [-0.1, -0.05) is 5.21 Å². The molecule has 0 spiro atoms. The number of rotatable bonds is 9. The van der Waals surface area contributed by atoms with E-state index in [9.17, 15) is 4.79 Å². The molecule has 0 aromatic carbocycles. The Morgan fingerprint density at radius 1 is 1.27 bits per heavy atom. The number of pyridine rings is 1. The highest BCUT2D eigenvalue weighted by molar-refractivity contribution is 5.69. The topological polar surface area (TPSA) is 91.6 Å². The Labute approximate surface area is 177 Å². The molecule has 2 aromatic rings. The van der Waals surface area contributed by atoms with Crippen molar-refractivity contribution in [3.05, 3.63) is 30.4 Å². The summed E-state index contributed by atoms with van der Waals surface area (Å²) in [6, 6.07) is 1.88. The van der Waals surface area contributed by atoms with E-state index < -0.39 is 5.60 Å². The van der Waals surface area contributed by atoms with Gasteiger partial charge in [-0.05, 0) is 46.5 Å². The van der Waals surface area contributed by atoms with Crippen molar-refractivity contribution in [1.29, 1.82) is 0 Å². The molecule has 0 unspecified atom stereocenters. The maximum atomic E-state index is 12.2. The first kappa shape index (κ1) is 22.0. The number of methoxy groups -OCH3 is 1. The zero-order valence-electron chi connectivity index (χ0n) is 18.2. The smallest absolute Gasteiger partial charge is 0.410 e. The first-order chi connectivity index (χ1) is 14.4. The van der Waals surface area contributed by atoms with Crippen molar-refractivity contribution in [2.45, 2.75) is 58.1 Å². The molecule has 30 heavy (non-hydrogen) atoms. The van der Waals surface area contributed by atoms with Crippen molar-refractivity contribution in [2.24, 2.45) is 0 Å². The maximum Gasteiger partial charge on any atom is 0.410 e. The Morgan fingerprint density at radius 2 is 2.10 bits per heavy atom. The number of nitrogens with zero attached hydrogens (tertiary/aromatic N) is 5. The lowest BCUT2D eigenvalue weighted by molar-refractivity contribution is -0.0141. The van der Waals surface area contributed by atoms with Crippen LogP contribution >= 0.6 is 0 Å². The molecule has 1 saturated heterocycles. The summed E-state index contributed by atoms with van der Waals surface area (Å²) in [7, 11) is 1.71. The predicted octanol–water partition coefficient (Wildman–Crippen LogP) is 3.02. The maximum absolute atomic E-state index is 12.2. The molecule has 0 saturated carbocycles. The van der Waals surface area contributed by atoms with Crippen molar-refractivity contribution < 1.29 is 19.0 Å². The second kappa shape index (κ2) is 9.88. The normalized spacial score (nSPS) is 16.3. The van der Waals surface area contributed by atoms with Crippen LogP contribution in [0.3, 0.4) is 0 Å². The van der Waals surface area contributed by atoms with Crippen molar-refractivity contribution in [3.63, 3.8) is 0 Å². The summed E-state index contributed by atoms with van der Waals surface area (Å²) in [6.45, 7) is 7.43. The number of aromatic nitrogens is 4. The van der Waals surface area contributed by atoms with Crippen molar-refractivity contribution in [2.75, 3.05) is 26.9 Å². The fraction of sp³-hybridized carbons (Fsp3) is 0.619. The Balaban J connectivity index is 1.52. The zero-order valence-corrected chi connectivity index (χ0v) is 18.2. The largest absolute Gasteiger partial charge is 0.490 e. The molecule has 1 atom stereocenters. The van der Waals surface area contributed by atoms with Crippen LogP contribution < -0.4 is 4.74 Å². The lowest BCUT2D eigenvalue weighted by atomic mass is 10.1. The van der Waals surface area contributed by atoms with E-state index in [2.05, 4.69) is 15.3 Å². The van der Waals surface area contributed by atoms with Gasteiger partial charge in [0.05, 0.1) is 36.0 Å². The lowest BCUT2D eigenvalue weighted by Crippen LogP contribution is -2.55. The number of carbonyl (C=O) groups excluding carboxylic acids is 1. The fourth-order valence-corrected chi connectivity index (χ4v) is 3.07. The zero-order chi connectivity index (χ0) is 21.6. The van der Waals surface area contributed by atoms with Gasteiger partial charge in [0.25, 0.3) is 0 Å². The minimum Gasteiger partial charge on any atom is -0.490 e. The van der Waals surface area contributed by atoms with Gasteiger partial charge in [0, 0.05) is 26.3 Å². The average Bonchev–Trinajstić information content (AvgIpc) is 3.12. The third kappa shape index (κ3) is 6.16. The van der Waals surface area contributed by atoms with Gasteiger partial charge in [-0.25, -0.2) is 9.48 Å². The lowest BCUT2D eigenvalue weighted by Gasteiger charge is -2.40. The molecule has 9 nitrogen and oxygen atoms in total. The third-order valence-corrected chi connectivity index (χ3v) is 4.75. The second-order valence-corrected chi connectivity index (χ2v) is 8.41. The summed E-state index contributed by atoms with van der Waals surface area (Å²) in [6.07, 6.45) is 8.73. The van der Waals surface area contributed by atoms with E-state index in [0.717, 1.165) is 43.7 Å². The fourth-order valence-electron chi connectivity index (χ4n) is 3.07. The summed E-state index contributed by atoms with van der Waals surface area (Å²) in [5.41, 5.74) is 1.21. The summed E-state index contributed by atoms with van der Waals surface area (Å²) in [4.78, 5) is 18.2. The molecule has 3 rings (SSSR count). The molecule has 1 amide bonds. The standard InChI is InChI=1S/C21H31N5O4/c1-21(2,3)30-20(27)25-9-8-17(25)15-29-19-11-18(12-22-13-19)26-14-16(23-24-26)7-5-6-10-28-4/h11-14,17H,5-10,15H2,1-4H3/t17-/m0/s1. The summed E-state index contributed by atoms with van der Waals surface area (Å²) >= 11 is 0. The minimum absolute atomic E-state index is 0.00794. The van der Waals surface area contributed by atoms with Crippen LogP contribution in [0.15, 0.2) is 24.7 Å². The number of hydrogen-bond donors (Lipinski definition) is 0. The Kier molecular flexibility index (Phi) is 7.25. The van der Waals surface area contributed by atoms with E-state index in [-0.39, 0.29) is 12.1 Å². The van der Waals surface area contributed by atoms with Crippen LogP contribution in [0.2, 0.25) is 0 Å². The van der Waals surface area contributed by atoms with Gasteiger partial charge in [-0.3, -0.25) is 4.98 Å². The summed E-state index contributed by atoms with van der Waals surface area (Å²) in [5, 5.41) is 8.41. The highest BCUT2D eigenvalue weighted by atomic mass is 16.6. The molecular weight excluding hydrogens is 386 g/mol. The SMILES string of the molecule is COCCCCc1cn(-c2cncc(OC[C@@H]3CCN3C(=O)OC(C)(C)C)c2)nn1. The van der Waals surface area contributed by atoms with E-state index in [0.29, 0.717) is 18.9 Å². The highest BCUT2D eigenvalue weighted by Crippen LogP contribution is 2.23. The average molecular weight is 418 g/mol. The molecular formula is C21H31N5O4. The summed E-state index contributed by atoms with van der Waals surface area (Å²) in [5.74, 6) is 0.626. The first-order valence-corrected chi connectivity index (χ1v) is 10.3. The summed E-state index contributed by atoms with van der Waals surface area (Å²) < 4.78 is 18.1. The van der Waals surface area contributed by atoms with Gasteiger partial charge in [-0.2, -0.15) is 0 Å². The Bertz CT molecular complexity index is 833. The molecule has 1 aliphatic rings. The molecule has 2 aromatic heterocycles. The van der Waals surface area contributed by atoms with Crippen LogP contribution in [-0.2, 0) is 15.9 Å². The number of likely N-dealkylation sites (tertiary alicyclic amines) is 1. The van der Waals surface area contributed by atoms with Gasteiger partial charge in [0.2, 0.25) is 0 Å². The second-order valence-electron chi connectivity index (χ2n) is 8.41. The molecule has 0 bridgehead atoms. The number of ether oxygens (including phenoxy) is 3. The minimum atomic E-state index is -0.503. The number of aryl methyl sites for hydroxylation is 1. The van der Waals surface area contributed by atoms with Gasteiger partial charge in [0.1, 0.15) is 18.0 Å². The van der Waals surface area contributed by atoms with Gasteiger partial charge in [0.15, 0.2) is 0 Å². The van der Waals surface area contributed by atoms with E-state index in [4.69, 9.17) is 14.2 Å². The Morgan fingerprint density at radius 3 is 2.80 bits per heavy atom. The third-order valence-electron chi connectivity index (χ3n) is 4.75. The van der Waals surface area contributed by atoms with Crippen molar-refractivity contribution in [1.82, 2.24) is 24.9 Å².